The number of hydrogen-bond acceptors (Lipinski definition) is 3. The van der Waals surface area contributed by atoms with Crippen molar-refractivity contribution in [2.75, 3.05) is 5.73 Å². The van der Waals surface area contributed by atoms with E-state index >= 15 is 0 Å². The van der Waals surface area contributed by atoms with Crippen LogP contribution in [0.1, 0.15) is 16.1 Å². The summed E-state index contributed by atoms with van der Waals surface area (Å²) in [5.41, 5.74) is 9.88. The zero-order valence-electron chi connectivity index (χ0n) is 13.3. The molecule has 4 nitrogen and oxygen atoms in total. The maximum atomic E-state index is 11.6. The molecule has 0 radical (unpaired) electrons. The number of nitrogen functional groups attached to an aromatic ring is 1. The number of anilines is 1. The van der Waals surface area contributed by atoms with Gasteiger partial charge in [0.2, 0.25) is 0 Å². The molecule has 0 aliphatic rings. The van der Waals surface area contributed by atoms with Crippen LogP contribution in [0.15, 0.2) is 48.5 Å². The van der Waals surface area contributed by atoms with Gasteiger partial charge in [0, 0.05) is 21.8 Å². The fraction of sp³-hybridized carbons (Fsp3) is 0.0526. The molecule has 6 heteroatoms. The molecule has 2 aromatic carbocycles. The maximum absolute atomic E-state index is 11.6. The predicted octanol–water partition coefficient (Wildman–Crippen LogP) is 5.31. The van der Waals surface area contributed by atoms with E-state index in [0.29, 0.717) is 32.6 Å². The minimum atomic E-state index is -1.12. The van der Waals surface area contributed by atoms with E-state index in [1.54, 1.807) is 24.3 Å². The largest absolute Gasteiger partial charge is 0.477 e. The molecule has 0 amide bonds. The van der Waals surface area contributed by atoms with Gasteiger partial charge in [-0.2, -0.15) is 0 Å². The summed E-state index contributed by atoms with van der Waals surface area (Å²) in [6.07, 6.45) is 0. The predicted molar refractivity (Wildman–Crippen MR) is 101 cm³/mol. The Labute approximate surface area is 154 Å². The van der Waals surface area contributed by atoms with Crippen LogP contribution in [0.4, 0.5) is 5.69 Å². The zero-order valence-corrected chi connectivity index (χ0v) is 14.8. The maximum Gasteiger partial charge on any atom is 0.354 e. The van der Waals surface area contributed by atoms with Gasteiger partial charge in [-0.1, -0.05) is 41.4 Å². The minimum Gasteiger partial charge on any atom is -0.477 e. The van der Waals surface area contributed by atoms with Gasteiger partial charge in [-0.3, -0.25) is 0 Å². The molecule has 3 N–H and O–H groups in total. The lowest BCUT2D eigenvalue weighted by Gasteiger charge is -2.15. The van der Waals surface area contributed by atoms with E-state index in [9.17, 15) is 9.90 Å². The minimum absolute atomic E-state index is 0.0788. The summed E-state index contributed by atoms with van der Waals surface area (Å²) in [6.45, 7) is 1.86. The first-order chi connectivity index (χ1) is 11.9. The van der Waals surface area contributed by atoms with Crippen molar-refractivity contribution in [3.8, 4) is 22.4 Å². The molecule has 0 saturated carbocycles. The van der Waals surface area contributed by atoms with Crippen LogP contribution in [0.3, 0.4) is 0 Å². The summed E-state index contributed by atoms with van der Waals surface area (Å²) < 4.78 is 0. The number of aromatic nitrogens is 1. The number of nitrogens with two attached hydrogens (primary N) is 1. The SMILES string of the molecule is Cc1c(-c2ccccc2N)cc(C(=O)O)nc1-c1ccc(Cl)cc1Cl. The van der Waals surface area contributed by atoms with Crippen molar-refractivity contribution in [2.45, 2.75) is 6.92 Å². The van der Waals surface area contributed by atoms with Crippen LogP contribution in [0.2, 0.25) is 10.0 Å². The molecule has 0 spiro atoms. The number of nitrogens with zero attached hydrogens (tertiary/aromatic N) is 1. The Morgan fingerprint density at radius 2 is 1.76 bits per heavy atom. The van der Waals surface area contributed by atoms with E-state index in [0.717, 1.165) is 11.1 Å². The Kier molecular flexibility index (Phi) is 4.66. The van der Waals surface area contributed by atoms with Crippen LogP contribution >= 0.6 is 23.2 Å². The number of para-hydroxylation sites is 1. The quantitative estimate of drug-likeness (QED) is 0.610. The van der Waals surface area contributed by atoms with Crippen LogP contribution in [-0.4, -0.2) is 16.1 Å². The first-order valence-corrected chi connectivity index (χ1v) is 8.19. The van der Waals surface area contributed by atoms with E-state index in [1.165, 1.54) is 6.07 Å². The smallest absolute Gasteiger partial charge is 0.354 e. The Morgan fingerprint density at radius 1 is 1.04 bits per heavy atom. The highest BCUT2D eigenvalue weighted by Crippen LogP contribution is 2.37. The highest BCUT2D eigenvalue weighted by atomic mass is 35.5. The third kappa shape index (κ3) is 3.31. The summed E-state index contributed by atoms with van der Waals surface area (Å²) in [6, 6.07) is 13.8. The summed E-state index contributed by atoms with van der Waals surface area (Å²) >= 11 is 12.3. The van der Waals surface area contributed by atoms with Gasteiger partial charge in [-0.05, 0) is 48.4 Å². The molecule has 1 aromatic heterocycles. The molecule has 0 aliphatic carbocycles. The van der Waals surface area contributed by atoms with E-state index in [1.807, 2.05) is 25.1 Å². The molecular weight excluding hydrogens is 359 g/mol. The zero-order chi connectivity index (χ0) is 18.1. The first kappa shape index (κ1) is 17.3. The van der Waals surface area contributed by atoms with Crippen molar-refractivity contribution < 1.29 is 9.90 Å². The molecule has 126 valence electrons. The summed E-state index contributed by atoms with van der Waals surface area (Å²) in [5.74, 6) is -1.12. The third-order valence-corrected chi connectivity index (χ3v) is 4.48. The lowest BCUT2D eigenvalue weighted by atomic mass is 9.95. The molecule has 1 heterocycles. The van der Waals surface area contributed by atoms with Gasteiger partial charge >= 0.3 is 5.97 Å². The standard InChI is InChI=1S/C19H14Cl2N2O2/c1-10-14(12-4-2-3-5-16(12)22)9-17(19(24)25)23-18(10)13-7-6-11(20)8-15(13)21/h2-9H,22H2,1H3,(H,24,25). The van der Waals surface area contributed by atoms with Crippen LogP contribution in [0.5, 0.6) is 0 Å². The van der Waals surface area contributed by atoms with Gasteiger partial charge in [0.1, 0.15) is 5.69 Å². The Bertz CT molecular complexity index is 987. The lowest BCUT2D eigenvalue weighted by Crippen LogP contribution is -2.05. The molecular formula is C19H14Cl2N2O2. The topological polar surface area (TPSA) is 76.2 Å². The molecule has 3 aromatic rings. The van der Waals surface area contributed by atoms with Crippen molar-refractivity contribution in [3.63, 3.8) is 0 Å². The van der Waals surface area contributed by atoms with Crippen molar-refractivity contribution in [1.29, 1.82) is 0 Å². The molecule has 0 atom stereocenters. The molecule has 0 saturated heterocycles. The summed E-state index contributed by atoms with van der Waals surface area (Å²) in [4.78, 5) is 15.8. The third-order valence-electron chi connectivity index (χ3n) is 3.93. The second-order valence-electron chi connectivity index (χ2n) is 5.55. The average Bonchev–Trinajstić information content (AvgIpc) is 2.56. The number of carboxylic acids is 1. The van der Waals surface area contributed by atoms with Crippen LogP contribution in [-0.2, 0) is 0 Å². The number of halogens is 2. The number of carboxylic acid groups (broad SMARTS) is 1. The number of benzene rings is 2. The normalized spacial score (nSPS) is 10.7. The molecule has 3 rings (SSSR count). The van der Waals surface area contributed by atoms with Crippen molar-refractivity contribution in [3.05, 3.63) is 69.8 Å². The average molecular weight is 373 g/mol. The van der Waals surface area contributed by atoms with E-state index in [-0.39, 0.29) is 5.69 Å². The molecule has 0 unspecified atom stereocenters. The van der Waals surface area contributed by atoms with Crippen LogP contribution in [0, 0.1) is 6.92 Å². The van der Waals surface area contributed by atoms with Crippen molar-refractivity contribution in [2.24, 2.45) is 0 Å². The highest BCUT2D eigenvalue weighted by Gasteiger charge is 2.18. The van der Waals surface area contributed by atoms with Gasteiger partial charge in [0.05, 0.1) is 10.7 Å². The number of aromatic carboxylic acids is 1. The monoisotopic (exact) mass is 372 g/mol. The second kappa shape index (κ2) is 6.75. The Hall–Kier alpha value is -2.56. The lowest BCUT2D eigenvalue weighted by molar-refractivity contribution is 0.0690. The van der Waals surface area contributed by atoms with Crippen molar-refractivity contribution >= 4 is 34.9 Å². The number of rotatable bonds is 3. The molecule has 0 aliphatic heterocycles. The van der Waals surface area contributed by atoms with Gasteiger partial charge in [-0.15, -0.1) is 0 Å². The molecule has 0 bridgehead atoms. The van der Waals surface area contributed by atoms with E-state index in [2.05, 4.69) is 4.98 Å². The summed E-state index contributed by atoms with van der Waals surface area (Å²) in [7, 11) is 0. The van der Waals surface area contributed by atoms with Crippen LogP contribution in [0.25, 0.3) is 22.4 Å². The molecule has 25 heavy (non-hydrogen) atoms. The fourth-order valence-corrected chi connectivity index (χ4v) is 3.18. The number of pyridine rings is 1. The fourth-order valence-electron chi connectivity index (χ4n) is 2.68. The van der Waals surface area contributed by atoms with E-state index < -0.39 is 5.97 Å². The number of hydrogen-bond donors (Lipinski definition) is 2. The van der Waals surface area contributed by atoms with Gasteiger partial charge < -0.3 is 10.8 Å². The highest BCUT2D eigenvalue weighted by molar-refractivity contribution is 6.36. The van der Waals surface area contributed by atoms with Crippen molar-refractivity contribution in [1.82, 2.24) is 4.98 Å². The Balaban J connectivity index is 2.33. The van der Waals surface area contributed by atoms with Gasteiger partial charge in [-0.25, -0.2) is 9.78 Å². The molecule has 0 fully saturated rings. The second-order valence-corrected chi connectivity index (χ2v) is 6.39. The number of carbonyl (C=O) groups is 1. The summed E-state index contributed by atoms with van der Waals surface area (Å²) in [5, 5.41) is 10.3. The first-order valence-electron chi connectivity index (χ1n) is 7.43. The Morgan fingerprint density at radius 3 is 2.40 bits per heavy atom. The van der Waals surface area contributed by atoms with Gasteiger partial charge in [0.15, 0.2) is 0 Å². The van der Waals surface area contributed by atoms with E-state index in [4.69, 9.17) is 28.9 Å². The van der Waals surface area contributed by atoms with Gasteiger partial charge in [0.25, 0.3) is 0 Å². The van der Waals surface area contributed by atoms with Crippen LogP contribution < -0.4 is 5.73 Å².